The van der Waals surface area contributed by atoms with E-state index in [1.807, 2.05) is 31.2 Å². The molecule has 1 saturated heterocycles. The van der Waals surface area contributed by atoms with Gasteiger partial charge in [0.05, 0.1) is 35.8 Å². The van der Waals surface area contributed by atoms with Crippen LogP contribution in [0.25, 0.3) is 0 Å². The molecule has 1 aromatic rings. The van der Waals surface area contributed by atoms with Gasteiger partial charge < -0.3 is 9.47 Å². The van der Waals surface area contributed by atoms with Crippen LogP contribution >= 0.6 is 11.8 Å². The molecule has 3 rings (SSSR count). The molecule has 1 aromatic carbocycles. The average Bonchev–Trinajstić information content (AvgIpc) is 2.95. The third-order valence-electron chi connectivity index (χ3n) is 4.72. The number of hydrogen-bond donors (Lipinski definition) is 0. The normalized spacial score (nSPS) is 21.5. The lowest BCUT2D eigenvalue weighted by atomic mass is 9.94. The third kappa shape index (κ3) is 3.94. The largest absolute Gasteiger partial charge is 0.494 e. The Hall–Kier alpha value is -2.28. The zero-order valence-electron chi connectivity index (χ0n) is 16.7. The Kier molecular flexibility index (Phi) is 6.44. The van der Waals surface area contributed by atoms with Gasteiger partial charge in [0.1, 0.15) is 5.75 Å². The number of aliphatic imine (C=N–C) groups is 1. The number of fused-ring (bicyclic) bond motifs is 1. The van der Waals surface area contributed by atoms with E-state index >= 15 is 0 Å². The van der Waals surface area contributed by atoms with Gasteiger partial charge in [-0.1, -0.05) is 37.2 Å². The standard InChI is InChI=1S/C21H26N2O4S/c1-5-7-12-27-16-10-8-15(9-11-16)18-17(20(25)26-6-2)13(3)22-21-23(18)19(24)14(4)28-21/h8-11,14,18H,5-7,12H2,1-4H3. The molecule has 2 heterocycles. The van der Waals surface area contributed by atoms with Gasteiger partial charge in [0.15, 0.2) is 5.17 Å². The first-order chi connectivity index (χ1) is 13.5. The number of unbranched alkanes of at least 4 members (excludes halogenated alkanes) is 1. The summed E-state index contributed by atoms with van der Waals surface area (Å²) in [6, 6.07) is 7.03. The van der Waals surface area contributed by atoms with Gasteiger partial charge in [-0.3, -0.25) is 9.69 Å². The minimum Gasteiger partial charge on any atom is -0.494 e. The van der Waals surface area contributed by atoms with E-state index < -0.39 is 12.0 Å². The molecule has 1 amide bonds. The molecule has 28 heavy (non-hydrogen) atoms. The minimum absolute atomic E-state index is 0.0497. The average molecular weight is 403 g/mol. The maximum atomic E-state index is 12.8. The zero-order chi connectivity index (χ0) is 20.3. The van der Waals surface area contributed by atoms with Crippen molar-refractivity contribution in [2.75, 3.05) is 13.2 Å². The summed E-state index contributed by atoms with van der Waals surface area (Å²) in [5.41, 5.74) is 1.83. The van der Waals surface area contributed by atoms with Crippen LogP contribution in [-0.2, 0) is 14.3 Å². The van der Waals surface area contributed by atoms with Crippen LogP contribution in [0.4, 0.5) is 0 Å². The van der Waals surface area contributed by atoms with Crippen LogP contribution in [0.5, 0.6) is 5.75 Å². The predicted molar refractivity (Wildman–Crippen MR) is 110 cm³/mol. The maximum absolute atomic E-state index is 12.8. The maximum Gasteiger partial charge on any atom is 0.338 e. The molecular formula is C21H26N2O4S. The van der Waals surface area contributed by atoms with Gasteiger partial charge >= 0.3 is 5.97 Å². The number of allylic oxidation sites excluding steroid dienone is 1. The second-order valence-electron chi connectivity index (χ2n) is 6.76. The summed E-state index contributed by atoms with van der Waals surface area (Å²) in [5, 5.41) is 0.406. The first-order valence-corrected chi connectivity index (χ1v) is 10.5. The lowest BCUT2D eigenvalue weighted by Gasteiger charge is -2.33. The Morgan fingerprint density at radius 1 is 1.25 bits per heavy atom. The molecule has 1 fully saturated rings. The van der Waals surface area contributed by atoms with Crippen molar-refractivity contribution in [1.82, 2.24) is 4.90 Å². The van der Waals surface area contributed by atoms with Crippen molar-refractivity contribution in [1.29, 1.82) is 0 Å². The molecule has 0 aliphatic carbocycles. The number of thioether (sulfide) groups is 1. The van der Waals surface area contributed by atoms with Crippen LogP contribution in [0.3, 0.4) is 0 Å². The molecule has 0 bridgehead atoms. The molecule has 2 aliphatic rings. The summed E-state index contributed by atoms with van der Waals surface area (Å²) in [6.45, 7) is 8.47. The van der Waals surface area contributed by atoms with E-state index in [2.05, 4.69) is 11.9 Å². The van der Waals surface area contributed by atoms with E-state index in [9.17, 15) is 9.59 Å². The van der Waals surface area contributed by atoms with E-state index in [-0.39, 0.29) is 17.8 Å². The van der Waals surface area contributed by atoms with E-state index in [1.165, 1.54) is 11.8 Å². The molecule has 0 saturated carbocycles. The zero-order valence-corrected chi connectivity index (χ0v) is 17.5. The van der Waals surface area contributed by atoms with Crippen LogP contribution in [0.1, 0.15) is 52.1 Å². The second-order valence-corrected chi connectivity index (χ2v) is 8.06. The van der Waals surface area contributed by atoms with Crippen molar-refractivity contribution in [2.45, 2.75) is 51.8 Å². The number of rotatable bonds is 7. The van der Waals surface area contributed by atoms with Crippen molar-refractivity contribution >= 4 is 28.8 Å². The molecule has 6 nitrogen and oxygen atoms in total. The molecule has 0 spiro atoms. The summed E-state index contributed by atoms with van der Waals surface area (Å²) < 4.78 is 11.0. The number of ether oxygens (including phenoxy) is 2. The van der Waals surface area contributed by atoms with Gasteiger partial charge in [-0.25, -0.2) is 9.79 Å². The lowest BCUT2D eigenvalue weighted by molar-refractivity contribution is -0.139. The van der Waals surface area contributed by atoms with Gasteiger partial charge in [-0.05, 0) is 44.9 Å². The lowest BCUT2D eigenvalue weighted by Crippen LogP contribution is -2.40. The molecule has 0 N–H and O–H groups in total. The summed E-state index contributed by atoms with van der Waals surface area (Å²) >= 11 is 1.42. The van der Waals surface area contributed by atoms with E-state index in [0.717, 1.165) is 24.2 Å². The molecule has 150 valence electrons. The Balaban J connectivity index is 1.97. The van der Waals surface area contributed by atoms with E-state index in [1.54, 1.807) is 18.7 Å². The first-order valence-electron chi connectivity index (χ1n) is 9.67. The van der Waals surface area contributed by atoms with Crippen molar-refractivity contribution in [3.05, 3.63) is 41.1 Å². The monoisotopic (exact) mass is 402 g/mol. The molecule has 7 heteroatoms. The fourth-order valence-electron chi connectivity index (χ4n) is 3.27. The molecule has 0 radical (unpaired) electrons. The molecule has 0 aromatic heterocycles. The Labute approximate surface area is 170 Å². The topological polar surface area (TPSA) is 68.2 Å². The SMILES string of the molecule is CCCCOc1ccc(C2C(C(=O)OCC)=C(C)N=C3SC(C)C(=O)N32)cc1. The van der Waals surface area contributed by atoms with Gasteiger partial charge in [-0.2, -0.15) is 0 Å². The van der Waals surface area contributed by atoms with E-state index in [0.29, 0.717) is 23.0 Å². The van der Waals surface area contributed by atoms with Gasteiger partial charge in [-0.15, -0.1) is 0 Å². The summed E-state index contributed by atoms with van der Waals surface area (Å²) in [7, 11) is 0. The number of carbonyl (C=O) groups is 2. The number of benzene rings is 1. The number of hydrogen-bond acceptors (Lipinski definition) is 6. The van der Waals surface area contributed by atoms with E-state index in [4.69, 9.17) is 9.47 Å². The quantitative estimate of drug-likeness (QED) is 0.508. The Bertz CT molecular complexity index is 816. The van der Waals surface area contributed by atoms with Crippen LogP contribution in [0.2, 0.25) is 0 Å². The third-order valence-corrected chi connectivity index (χ3v) is 5.77. The van der Waals surface area contributed by atoms with Gasteiger partial charge in [0.2, 0.25) is 5.91 Å². The fourth-order valence-corrected chi connectivity index (χ4v) is 4.30. The number of amides is 1. The fraction of sp³-hybridized carbons (Fsp3) is 0.476. The van der Waals surface area contributed by atoms with Gasteiger partial charge in [0.25, 0.3) is 0 Å². The van der Waals surface area contributed by atoms with Crippen molar-refractivity contribution in [3.63, 3.8) is 0 Å². The summed E-state index contributed by atoms with van der Waals surface area (Å²) in [6.07, 6.45) is 2.07. The Morgan fingerprint density at radius 2 is 1.96 bits per heavy atom. The highest BCUT2D eigenvalue weighted by Gasteiger charge is 2.46. The smallest absolute Gasteiger partial charge is 0.338 e. The first kappa shape index (κ1) is 20.5. The number of esters is 1. The van der Waals surface area contributed by atoms with Crippen LogP contribution in [-0.4, -0.2) is 40.4 Å². The van der Waals surface area contributed by atoms with Crippen molar-refractivity contribution < 1.29 is 19.1 Å². The van der Waals surface area contributed by atoms with Crippen molar-refractivity contribution in [3.8, 4) is 5.75 Å². The van der Waals surface area contributed by atoms with Crippen LogP contribution < -0.4 is 4.74 Å². The highest BCUT2D eigenvalue weighted by molar-refractivity contribution is 8.15. The highest BCUT2D eigenvalue weighted by Crippen LogP contribution is 2.43. The Morgan fingerprint density at radius 3 is 2.61 bits per heavy atom. The minimum atomic E-state index is -0.541. The molecule has 2 unspecified atom stereocenters. The number of nitrogens with zero attached hydrogens (tertiary/aromatic N) is 2. The van der Waals surface area contributed by atoms with Crippen LogP contribution in [0, 0.1) is 0 Å². The highest BCUT2D eigenvalue weighted by atomic mass is 32.2. The number of amidine groups is 1. The van der Waals surface area contributed by atoms with Crippen LogP contribution in [0.15, 0.2) is 40.5 Å². The summed E-state index contributed by atoms with van der Waals surface area (Å²) in [4.78, 5) is 31.7. The molecular weight excluding hydrogens is 376 g/mol. The predicted octanol–water partition coefficient (Wildman–Crippen LogP) is 4.08. The number of carbonyl (C=O) groups excluding carboxylic acids is 2. The molecule has 2 aliphatic heterocycles. The summed E-state index contributed by atoms with van der Waals surface area (Å²) in [5.74, 6) is 0.288. The van der Waals surface area contributed by atoms with Crippen molar-refractivity contribution in [2.24, 2.45) is 4.99 Å². The molecule has 2 atom stereocenters. The second kappa shape index (κ2) is 8.82. The van der Waals surface area contributed by atoms with Gasteiger partial charge in [0, 0.05) is 0 Å².